The molecule has 0 aliphatic carbocycles. The van der Waals surface area contributed by atoms with Gasteiger partial charge in [-0.05, 0) is 31.8 Å². The Morgan fingerprint density at radius 3 is 1.55 bits per heavy atom. The van der Waals surface area contributed by atoms with Gasteiger partial charge in [0, 0.05) is 0 Å². The number of hydrogen-bond acceptors (Lipinski definition) is 7. The van der Waals surface area contributed by atoms with Crippen molar-refractivity contribution in [1.82, 2.24) is 0 Å². The van der Waals surface area contributed by atoms with Gasteiger partial charge in [0.05, 0.1) is 6.26 Å². The number of carbonyl (C=O) groups is 1. The van der Waals surface area contributed by atoms with E-state index in [0.717, 1.165) is 6.26 Å². The van der Waals surface area contributed by atoms with Gasteiger partial charge in [-0.15, -0.1) is 0 Å². The third kappa shape index (κ3) is 7.37. The lowest BCUT2D eigenvalue weighted by molar-refractivity contribution is -0.464. The molecule has 3 N–H and O–H groups in total. The maximum atomic E-state index is 15.1. The van der Waals surface area contributed by atoms with Crippen LogP contribution >= 0.6 is 0 Å². The molecule has 1 saturated heterocycles. The molecule has 288 valence electrons. The molecule has 0 amide bonds. The van der Waals surface area contributed by atoms with Crippen LogP contribution in [0.2, 0.25) is 0 Å². The zero-order valence-electron chi connectivity index (χ0n) is 24.2. The van der Waals surface area contributed by atoms with Crippen molar-refractivity contribution in [3.63, 3.8) is 0 Å². The summed E-state index contributed by atoms with van der Waals surface area (Å²) in [4.78, 5) is 12.5. The van der Waals surface area contributed by atoms with Gasteiger partial charge in [0.15, 0.2) is 12.2 Å². The summed E-state index contributed by atoms with van der Waals surface area (Å²) in [5.74, 6) is -61.1. The van der Waals surface area contributed by atoms with Crippen molar-refractivity contribution < 1.29 is 109 Å². The van der Waals surface area contributed by atoms with Gasteiger partial charge < -0.3 is 29.5 Å². The number of alkyl halides is 17. The summed E-state index contributed by atoms with van der Waals surface area (Å²) >= 11 is 0. The number of carbonyl (C=O) groups excluding carboxylic acids is 1. The van der Waals surface area contributed by atoms with E-state index in [1.54, 1.807) is 0 Å². The molecule has 2 rings (SSSR count). The Balaban J connectivity index is 2.55. The summed E-state index contributed by atoms with van der Waals surface area (Å²) in [6.07, 6.45) is -23.0. The van der Waals surface area contributed by atoms with Crippen molar-refractivity contribution in [1.29, 1.82) is 0 Å². The number of ether oxygens (including phenoxy) is 3. The van der Waals surface area contributed by atoms with E-state index in [1.165, 1.54) is 6.08 Å². The summed E-state index contributed by atoms with van der Waals surface area (Å²) in [5.41, 5.74) is 0. The van der Waals surface area contributed by atoms with Crippen LogP contribution < -0.4 is 0 Å². The average molecular weight is 762 g/mol. The third-order valence-corrected chi connectivity index (χ3v) is 7.61. The lowest BCUT2D eigenvalue weighted by Crippen LogP contribution is -2.75. The number of esters is 1. The number of halogens is 17. The van der Waals surface area contributed by atoms with Gasteiger partial charge in [-0.1, -0.05) is 25.7 Å². The highest BCUT2D eigenvalue weighted by molar-refractivity contribution is 5.75. The van der Waals surface area contributed by atoms with Gasteiger partial charge in [-0.2, -0.15) is 74.6 Å². The zero-order chi connectivity index (χ0) is 38.2. The number of cyclic esters (lactones) is 1. The van der Waals surface area contributed by atoms with Crippen LogP contribution in [0.1, 0.15) is 51.4 Å². The Bertz CT molecular complexity index is 1160. The topological polar surface area (TPSA) is 105 Å². The first kappa shape index (κ1) is 42.8. The lowest BCUT2D eigenvalue weighted by Gasteiger charge is -2.43. The van der Waals surface area contributed by atoms with Crippen molar-refractivity contribution in [2.24, 2.45) is 0 Å². The van der Waals surface area contributed by atoms with Gasteiger partial charge in [0.1, 0.15) is 18.3 Å². The van der Waals surface area contributed by atoms with Crippen LogP contribution in [-0.4, -0.2) is 106 Å². The van der Waals surface area contributed by atoms with E-state index in [2.05, 4.69) is 4.74 Å². The summed E-state index contributed by atoms with van der Waals surface area (Å²) in [5, 5.41) is 30.2. The molecule has 2 aliphatic rings. The van der Waals surface area contributed by atoms with E-state index in [0.29, 0.717) is 19.3 Å². The molecular weight excluding hydrogens is 735 g/mol. The molecule has 0 aromatic heterocycles. The molecule has 0 radical (unpaired) electrons. The van der Waals surface area contributed by atoms with Gasteiger partial charge in [0.2, 0.25) is 6.29 Å². The second-order valence-corrected chi connectivity index (χ2v) is 11.1. The molecule has 2 bridgehead atoms. The number of allylic oxidation sites excluding steroid dienone is 1. The summed E-state index contributed by atoms with van der Waals surface area (Å²) < 4.78 is 249. The second kappa shape index (κ2) is 14.4. The highest BCUT2D eigenvalue weighted by Crippen LogP contribution is 2.64. The third-order valence-electron chi connectivity index (χ3n) is 7.61. The molecule has 2 aliphatic heterocycles. The minimum atomic E-state index is -8.84. The van der Waals surface area contributed by atoms with E-state index in [4.69, 9.17) is 9.47 Å². The highest BCUT2D eigenvalue weighted by atomic mass is 19.4. The normalized spacial score (nSPS) is 28.8. The Kier molecular flexibility index (Phi) is 12.5. The predicted octanol–water partition coefficient (Wildman–Crippen LogP) is 6.38. The molecule has 0 saturated carbocycles. The number of rotatable bonds is 7. The van der Waals surface area contributed by atoms with E-state index in [-0.39, 0.29) is 19.3 Å². The van der Waals surface area contributed by atoms with Crippen molar-refractivity contribution in [2.75, 3.05) is 0 Å². The second-order valence-electron chi connectivity index (χ2n) is 11.1. The van der Waals surface area contributed by atoms with Crippen molar-refractivity contribution in [2.45, 2.75) is 136 Å². The fourth-order valence-electron chi connectivity index (χ4n) is 4.58. The van der Waals surface area contributed by atoms with Crippen LogP contribution in [0.5, 0.6) is 0 Å². The number of aliphatic hydroxyl groups is 3. The summed E-state index contributed by atoms with van der Waals surface area (Å²) in [6, 6.07) is 0. The Hall–Kier alpha value is -2.34. The van der Waals surface area contributed by atoms with E-state index in [9.17, 15) is 86.0 Å². The monoisotopic (exact) mass is 762 g/mol. The molecule has 2 heterocycles. The van der Waals surface area contributed by atoms with Crippen molar-refractivity contribution in [3.8, 4) is 0 Å². The highest BCUT2D eigenvalue weighted by Gasteiger charge is 2.95. The van der Waals surface area contributed by atoms with Crippen molar-refractivity contribution in [3.05, 3.63) is 12.3 Å². The Labute approximate surface area is 263 Å². The van der Waals surface area contributed by atoms with E-state index < -0.39 is 103 Å². The minimum Gasteiger partial charge on any atom is -0.470 e. The molecule has 7 nitrogen and oxygen atoms in total. The SMILES string of the molecule is O=C1OC(C(F)(F)C(F)(F)C(F)(F)C(F)(F)C(F)(F)C(F)(F)C(F)(F)C(F)(F)F)CCCCCCCCC=COC2O[C@@H]([C@H](O)[C@H]2O)[C@@H]1O. The molecular formula is C25H27F17O7. The van der Waals surface area contributed by atoms with Gasteiger partial charge in [-0.25, -0.2) is 4.79 Å². The molecule has 2 unspecified atom stereocenters. The van der Waals surface area contributed by atoms with Crippen molar-refractivity contribution >= 4 is 5.97 Å². The standard InChI is InChI=1S/C25H27F17O7/c26-18(27,19(28,29)20(30,31)21(32,33)22(34,35)23(36,37)24(38,39)25(40,41)42)11-9-7-5-3-1-2-4-6-8-10-47-17-13(44)12(43)15(49-17)14(45)16(46)48-11/h8,10-15,17,43-45H,1-7,9H2/t11?,12-,13-,14+,15+,17?/m1/s1. The zero-order valence-corrected chi connectivity index (χ0v) is 24.2. The van der Waals surface area contributed by atoms with Crippen LogP contribution in [0.4, 0.5) is 74.6 Å². The first-order chi connectivity index (χ1) is 22.0. The number of fused-ring (bicyclic) bond motifs is 2. The summed E-state index contributed by atoms with van der Waals surface area (Å²) in [7, 11) is 0. The van der Waals surface area contributed by atoms with Crippen LogP contribution in [-0.2, 0) is 19.0 Å². The molecule has 24 heteroatoms. The molecule has 1 fully saturated rings. The first-order valence-electron chi connectivity index (χ1n) is 13.9. The lowest BCUT2D eigenvalue weighted by atomic mass is 9.86. The van der Waals surface area contributed by atoms with Crippen LogP contribution in [0.15, 0.2) is 12.3 Å². The molecule has 0 aromatic carbocycles. The maximum absolute atomic E-state index is 15.1. The molecule has 6 atom stereocenters. The predicted molar refractivity (Wildman–Crippen MR) is 124 cm³/mol. The van der Waals surface area contributed by atoms with Gasteiger partial charge in [0.25, 0.3) is 0 Å². The average Bonchev–Trinajstić information content (AvgIpc) is 3.25. The van der Waals surface area contributed by atoms with Gasteiger partial charge in [-0.3, -0.25) is 0 Å². The van der Waals surface area contributed by atoms with E-state index >= 15 is 8.78 Å². The smallest absolute Gasteiger partial charge is 0.460 e. The summed E-state index contributed by atoms with van der Waals surface area (Å²) in [6.45, 7) is 0. The minimum absolute atomic E-state index is 0.0603. The number of hydrogen-bond donors (Lipinski definition) is 3. The largest absolute Gasteiger partial charge is 0.470 e. The fourth-order valence-corrected chi connectivity index (χ4v) is 4.58. The fraction of sp³-hybridized carbons (Fsp3) is 0.880. The van der Waals surface area contributed by atoms with Gasteiger partial charge >= 0.3 is 53.6 Å². The maximum Gasteiger partial charge on any atom is 0.460 e. The Morgan fingerprint density at radius 2 is 1.04 bits per heavy atom. The van der Waals surface area contributed by atoms with Crippen LogP contribution in [0.25, 0.3) is 0 Å². The quantitative estimate of drug-likeness (QED) is 0.204. The first-order valence-corrected chi connectivity index (χ1v) is 13.9. The number of aliphatic hydroxyl groups excluding tert-OH is 3. The van der Waals surface area contributed by atoms with Crippen LogP contribution in [0, 0.1) is 0 Å². The Morgan fingerprint density at radius 1 is 0.592 bits per heavy atom. The van der Waals surface area contributed by atoms with E-state index in [1.807, 2.05) is 0 Å². The molecule has 49 heavy (non-hydrogen) atoms. The molecule has 0 aromatic rings. The molecule has 0 spiro atoms. The van der Waals surface area contributed by atoms with Crippen LogP contribution in [0.3, 0.4) is 0 Å².